The Morgan fingerprint density at radius 2 is 1.75 bits per heavy atom. The van der Waals surface area contributed by atoms with Gasteiger partial charge >= 0.3 is 0 Å². The monoisotopic (exact) mass is 497 g/mol. The zero-order chi connectivity index (χ0) is 26.4. The molecule has 1 saturated carbocycles. The fourth-order valence-corrected chi connectivity index (χ4v) is 5.59. The third kappa shape index (κ3) is 4.92. The van der Waals surface area contributed by atoms with E-state index in [1.807, 2.05) is 26.0 Å². The third-order valence-electron chi connectivity index (χ3n) is 7.87. The maximum atomic E-state index is 13.7. The summed E-state index contributed by atoms with van der Waals surface area (Å²) in [5.41, 5.74) is 0.187. The number of fused-ring (bicyclic) bond motifs is 1. The van der Waals surface area contributed by atoms with Gasteiger partial charge < -0.3 is 20.2 Å². The van der Waals surface area contributed by atoms with Gasteiger partial charge in [-0.2, -0.15) is 0 Å². The highest BCUT2D eigenvalue weighted by Crippen LogP contribution is 2.38. The molecule has 2 aliphatic heterocycles. The normalized spacial score (nSPS) is 23.9. The molecule has 8 heteroatoms. The van der Waals surface area contributed by atoms with Gasteiger partial charge in [-0.15, -0.1) is 0 Å². The van der Waals surface area contributed by atoms with E-state index < -0.39 is 29.6 Å². The molecule has 4 rings (SSSR count). The SMILES string of the molecule is CC(C)CC(NC(=O)c1ccc(C(C)(C)C)cc1)C(=O)N1CCC2C1C(=O)CN2C(=O)C1(O)CCC1. The minimum absolute atomic E-state index is 0.0329. The average molecular weight is 498 g/mol. The lowest BCUT2D eigenvalue weighted by Crippen LogP contribution is -2.55. The number of ketones is 1. The first-order valence-corrected chi connectivity index (χ1v) is 13.1. The van der Waals surface area contributed by atoms with Crippen LogP contribution in [0.2, 0.25) is 0 Å². The zero-order valence-electron chi connectivity index (χ0n) is 22.0. The first-order valence-electron chi connectivity index (χ1n) is 13.1. The van der Waals surface area contributed by atoms with Crippen molar-refractivity contribution in [3.8, 4) is 0 Å². The second-order valence-electron chi connectivity index (χ2n) is 12.1. The first-order chi connectivity index (χ1) is 16.8. The Hall–Kier alpha value is -2.74. The van der Waals surface area contributed by atoms with Crippen LogP contribution in [-0.4, -0.2) is 75.2 Å². The minimum Gasteiger partial charge on any atom is -0.380 e. The van der Waals surface area contributed by atoms with E-state index in [4.69, 9.17) is 0 Å². The summed E-state index contributed by atoms with van der Waals surface area (Å²) in [5, 5.41) is 13.5. The summed E-state index contributed by atoms with van der Waals surface area (Å²) in [6, 6.07) is 5.49. The Morgan fingerprint density at radius 1 is 1.11 bits per heavy atom. The van der Waals surface area contributed by atoms with Crippen molar-refractivity contribution >= 4 is 23.5 Å². The van der Waals surface area contributed by atoms with Crippen LogP contribution in [0.15, 0.2) is 24.3 Å². The van der Waals surface area contributed by atoms with E-state index in [-0.39, 0.29) is 35.5 Å². The van der Waals surface area contributed by atoms with E-state index in [1.165, 1.54) is 4.90 Å². The third-order valence-corrected chi connectivity index (χ3v) is 7.87. The van der Waals surface area contributed by atoms with E-state index in [2.05, 4.69) is 26.1 Å². The van der Waals surface area contributed by atoms with E-state index in [0.29, 0.717) is 37.8 Å². The molecular formula is C28H39N3O5. The quantitative estimate of drug-likeness (QED) is 0.628. The summed E-state index contributed by atoms with van der Waals surface area (Å²) in [6.45, 7) is 10.5. The molecule has 3 amide bonds. The van der Waals surface area contributed by atoms with Gasteiger partial charge in [0.1, 0.15) is 17.7 Å². The molecule has 2 heterocycles. The number of hydrogen-bond donors (Lipinski definition) is 2. The molecule has 0 radical (unpaired) electrons. The Kier molecular flexibility index (Phi) is 7.03. The molecule has 3 fully saturated rings. The Bertz CT molecular complexity index is 1040. The molecule has 2 saturated heterocycles. The molecule has 3 unspecified atom stereocenters. The van der Waals surface area contributed by atoms with Gasteiger partial charge in [-0.25, -0.2) is 0 Å². The summed E-state index contributed by atoms with van der Waals surface area (Å²) >= 11 is 0. The number of aliphatic hydroxyl groups is 1. The molecule has 3 atom stereocenters. The molecule has 1 aromatic carbocycles. The molecule has 2 N–H and O–H groups in total. The van der Waals surface area contributed by atoms with Crippen molar-refractivity contribution in [2.75, 3.05) is 13.1 Å². The van der Waals surface area contributed by atoms with Gasteiger partial charge in [-0.05, 0) is 61.1 Å². The van der Waals surface area contributed by atoms with Crippen LogP contribution in [0.3, 0.4) is 0 Å². The number of benzene rings is 1. The van der Waals surface area contributed by atoms with Crippen LogP contribution < -0.4 is 5.32 Å². The van der Waals surface area contributed by atoms with Crippen molar-refractivity contribution in [3.05, 3.63) is 35.4 Å². The predicted molar refractivity (Wildman–Crippen MR) is 135 cm³/mol. The van der Waals surface area contributed by atoms with Gasteiger partial charge in [0.25, 0.3) is 11.8 Å². The number of likely N-dealkylation sites (tertiary alicyclic amines) is 2. The highest BCUT2D eigenvalue weighted by molar-refractivity contribution is 6.01. The number of carbonyl (C=O) groups excluding carboxylic acids is 4. The van der Waals surface area contributed by atoms with Crippen LogP contribution in [0, 0.1) is 5.92 Å². The standard InChI is InChI=1S/C28H39N3O5/c1-17(2)15-20(29-24(33)18-7-9-19(10-8-18)27(3,4)5)25(34)30-14-11-21-23(30)22(32)16-31(21)26(35)28(36)12-6-13-28/h7-10,17,20-21,23,36H,6,11-16H2,1-5H3,(H,29,33). The van der Waals surface area contributed by atoms with Crippen molar-refractivity contribution in [2.45, 2.75) is 95.9 Å². The molecule has 0 spiro atoms. The highest BCUT2D eigenvalue weighted by atomic mass is 16.3. The maximum Gasteiger partial charge on any atom is 0.255 e. The molecule has 0 aromatic heterocycles. The number of hydrogen-bond acceptors (Lipinski definition) is 5. The lowest BCUT2D eigenvalue weighted by Gasteiger charge is -2.39. The van der Waals surface area contributed by atoms with Crippen molar-refractivity contribution < 1.29 is 24.3 Å². The van der Waals surface area contributed by atoms with Gasteiger partial charge in [0, 0.05) is 12.1 Å². The molecule has 1 aromatic rings. The predicted octanol–water partition coefficient (Wildman–Crippen LogP) is 2.42. The smallest absolute Gasteiger partial charge is 0.255 e. The zero-order valence-corrected chi connectivity index (χ0v) is 22.0. The van der Waals surface area contributed by atoms with Crippen molar-refractivity contribution in [1.82, 2.24) is 15.1 Å². The molecule has 36 heavy (non-hydrogen) atoms. The average Bonchev–Trinajstić information content (AvgIpc) is 3.36. The summed E-state index contributed by atoms with van der Waals surface area (Å²) < 4.78 is 0. The molecule has 0 bridgehead atoms. The lowest BCUT2D eigenvalue weighted by atomic mass is 9.79. The van der Waals surface area contributed by atoms with Gasteiger partial charge in [0.05, 0.1) is 12.6 Å². The summed E-state index contributed by atoms with van der Waals surface area (Å²) in [6.07, 6.45) is 2.54. The Labute approximate surface area is 213 Å². The van der Waals surface area contributed by atoms with Crippen LogP contribution in [0.4, 0.5) is 0 Å². The lowest BCUT2D eigenvalue weighted by molar-refractivity contribution is -0.161. The molecule has 196 valence electrons. The van der Waals surface area contributed by atoms with Gasteiger partial charge in [-0.1, -0.05) is 46.8 Å². The molecular weight excluding hydrogens is 458 g/mol. The Morgan fingerprint density at radius 3 is 2.28 bits per heavy atom. The fourth-order valence-electron chi connectivity index (χ4n) is 5.59. The Balaban J connectivity index is 1.48. The second kappa shape index (κ2) is 9.61. The van der Waals surface area contributed by atoms with Crippen molar-refractivity contribution in [3.63, 3.8) is 0 Å². The molecule has 3 aliphatic rings. The topological polar surface area (TPSA) is 107 Å². The van der Waals surface area contributed by atoms with Gasteiger partial charge in [0.15, 0.2) is 5.78 Å². The molecule has 1 aliphatic carbocycles. The van der Waals surface area contributed by atoms with Crippen LogP contribution in [0.25, 0.3) is 0 Å². The number of amides is 3. The van der Waals surface area contributed by atoms with Crippen LogP contribution in [0.5, 0.6) is 0 Å². The van der Waals surface area contributed by atoms with Crippen molar-refractivity contribution in [1.29, 1.82) is 0 Å². The summed E-state index contributed by atoms with van der Waals surface area (Å²) in [4.78, 5) is 55.7. The number of rotatable bonds is 6. The van der Waals surface area contributed by atoms with E-state index in [1.54, 1.807) is 17.0 Å². The van der Waals surface area contributed by atoms with Gasteiger partial charge in [-0.3, -0.25) is 19.2 Å². The maximum absolute atomic E-state index is 13.7. The van der Waals surface area contributed by atoms with E-state index >= 15 is 0 Å². The highest BCUT2D eigenvalue weighted by Gasteiger charge is 2.56. The number of Topliss-reactive ketones (excluding diaryl/α,β-unsaturated/α-hetero) is 1. The minimum atomic E-state index is -1.37. The van der Waals surface area contributed by atoms with Crippen LogP contribution in [-0.2, 0) is 19.8 Å². The summed E-state index contributed by atoms with van der Waals surface area (Å²) in [5.74, 6) is -1.05. The largest absolute Gasteiger partial charge is 0.380 e. The number of nitrogens with one attached hydrogen (secondary N) is 1. The molecule has 8 nitrogen and oxygen atoms in total. The van der Waals surface area contributed by atoms with Gasteiger partial charge in [0.2, 0.25) is 5.91 Å². The number of nitrogens with zero attached hydrogens (tertiary/aromatic N) is 2. The summed E-state index contributed by atoms with van der Waals surface area (Å²) in [7, 11) is 0. The first kappa shape index (κ1) is 26.3. The van der Waals surface area contributed by atoms with Crippen LogP contribution in [0.1, 0.15) is 82.6 Å². The van der Waals surface area contributed by atoms with E-state index in [9.17, 15) is 24.3 Å². The van der Waals surface area contributed by atoms with Crippen LogP contribution >= 0.6 is 0 Å². The number of carbonyl (C=O) groups is 4. The second-order valence-corrected chi connectivity index (χ2v) is 12.1. The van der Waals surface area contributed by atoms with E-state index in [0.717, 1.165) is 12.0 Å². The van der Waals surface area contributed by atoms with Crippen molar-refractivity contribution in [2.24, 2.45) is 5.92 Å². The fraction of sp³-hybridized carbons (Fsp3) is 0.643.